The van der Waals surface area contributed by atoms with Crippen LogP contribution in [0.1, 0.15) is 22.3 Å². The summed E-state index contributed by atoms with van der Waals surface area (Å²) in [6, 6.07) is 11.9. The quantitative estimate of drug-likeness (QED) is 0.746. The number of aliphatic imine (C=N–C) groups is 1. The number of hydrogen-bond acceptors (Lipinski definition) is 4. The van der Waals surface area contributed by atoms with Gasteiger partial charge in [-0.2, -0.15) is 5.10 Å². The van der Waals surface area contributed by atoms with Crippen molar-refractivity contribution in [3.63, 3.8) is 0 Å². The van der Waals surface area contributed by atoms with E-state index in [4.69, 9.17) is 0 Å². The number of hydrogen-bond donors (Lipinski definition) is 0. The third kappa shape index (κ3) is 2.57. The summed E-state index contributed by atoms with van der Waals surface area (Å²) >= 11 is 0. The largest absolute Gasteiger partial charge is 0.294 e. The summed E-state index contributed by atoms with van der Waals surface area (Å²) in [5, 5.41) is 4.40. The molecule has 1 aromatic carbocycles. The molecule has 3 aromatic rings. The van der Waals surface area contributed by atoms with Gasteiger partial charge in [-0.25, -0.2) is 0 Å². The summed E-state index contributed by atoms with van der Waals surface area (Å²) in [6.07, 6.45) is 7.35. The Morgan fingerprint density at radius 1 is 1.13 bits per heavy atom. The molecule has 112 valence electrons. The highest BCUT2D eigenvalue weighted by Crippen LogP contribution is 2.33. The second-order valence-corrected chi connectivity index (χ2v) is 5.41. The number of benzene rings is 1. The standard InChI is InChI=1S/C18H14N4O/c23-16-7-9-20-18-15(16)6-8-19-17(18)14-10-21-22(12-14)11-13-4-2-1-3-5-13/h1-6,8-10,12H,7,11H2. The third-order valence-corrected chi connectivity index (χ3v) is 3.82. The lowest BCUT2D eigenvalue weighted by molar-refractivity contribution is 0.100. The molecule has 2 aromatic heterocycles. The van der Waals surface area contributed by atoms with Gasteiger partial charge in [-0.05, 0) is 11.6 Å². The number of ketones is 1. The van der Waals surface area contributed by atoms with Crippen molar-refractivity contribution in [2.75, 3.05) is 0 Å². The van der Waals surface area contributed by atoms with Crippen molar-refractivity contribution in [1.29, 1.82) is 0 Å². The van der Waals surface area contributed by atoms with Gasteiger partial charge in [-0.3, -0.25) is 19.5 Å². The van der Waals surface area contributed by atoms with Crippen LogP contribution in [0.15, 0.2) is 60.0 Å². The van der Waals surface area contributed by atoms with Gasteiger partial charge in [0, 0.05) is 36.2 Å². The molecule has 1 aliphatic heterocycles. The Morgan fingerprint density at radius 3 is 2.87 bits per heavy atom. The highest BCUT2D eigenvalue weighted by Gasteiger charge is 2.19. The molecule has 0 N–H and O–H groups in total. The van der Waals surface area contributed by atoms with Crippen LogP contribution in [0.5, 0.6) is 0 Å². The van der Waals surface area contributed by atoms with E-state index >= 15 is 0 Å². The smallest absolute Gasteiger partial charge is 0.170 e. The molecule has 0 saturated carbocycles. The Morgan fingerprint density at radius 2 is 2.00 bits per heavy atom. The van der Waals surface area contributed by atoms with E-state index in [1.165, 1.54) is 5.56 Å². The van der Waals surface area contributed by atoms with Crippen molar-refractivity contribution in [2.24, 2.45) is 4.99 Å². The van der Waals surface area contributed by atoms with Crippen LogP contribution in [0.2, 0.25) is 0 Å². The summed E-state index contributed by atoms with van der Waals surface area (Å²) < 4.78 is 1.86. The lowest BCUT2D eigenvalue weighted by Crippen LogP contribution is -2.06. The predicted molar refractivity (Wildman–Crippen MR) is 88.1 cm³/mol. The van der Waals surface area contributed by atoms with Crippen molar-refractivity contribution < 1.29 is 4.79 Å². The highest BCUT2D eigenvalue weighted by atomic mass is 16.1. The fraction of sp³-hybridized carbons (Fsp3) is 0.111. The molecule has 0 radical (unpaired) electrons. The van der Waals surface area contributed by atoms with E-state index in [1.807, 2.05) is 29.1 Å². The monoisotopic (exact) mass is 302 g/mol. The Balaban J connectivity index is 1.69. The maximum Gasteiger partial charge on any atom is 0.170 e. The van der Waals surface area contributed by atoms with Crippen LogP contribution in [0.4, 0.5) is 5.69 Å². The number of pyridine rings is 1. The van der Waals surface area contributed by atoms with E-state index in [1.54, 1.807) is 24.7 Å². The summed E-state index contributed by atoms with van der Waals surface area (Å²) in [6.45, 7) is 0.693. The molecule has 4 rings (SSSR count). The minimum absolute atomic E-state index is 0.0790. The van der Waals surface area contributed by atoms with Gasteiger partial charge in [-0.15, -0.1) is 0 Å². The number of fused-ring (bicyclic) bond motifs is 1. The molecule has 5 nitrogen and oxygen atoms in total. The first kappa shape index (κ1) is 13.6. The Kier molecular flexibility index (Phi) is 3.31. The first-order chi connectivity index (χ1) is 11.3. The molecule has 0 saturated heterocycles. The Labute approximate surface area is 133 Å². The van der Waals surface area contributed by atoms with Gasteiger partial charge < -0.3 is 0 Å². The van der Waals surface area contributed by atoms with Crippen molar-refractivity contribution in [3.05, 3.63) is 66.1 Å². The van der Waals surface area contributed by atoms with Gasteiger partial charge >= 0.3 is 0 Å². The number of rotatable bonds is 3. The SMILES string of the molecule is O=C1CC=Nc2c1ccnc2-c1cnn(Cc2ccccc2)c1. The topological polar surface area (TPSA) is 60.1 Å². The van der Waals surface area contributed by atoms with Gasteiger partial charge in [0.2, 0.25) is 0 Å². The summed E-state index contributed by atoms with van der Waals surface area (Å²) in [7, 11) is 0. The zero-order chi connectivity index (χ0) is 15.6. The van der Waals surface area contributed by atoms with Gasteiger partial charge in [0.1, 0.15) is 0 Å². The molecule has 0 atom stereocenters. The average Bonchev–Trinajstić information content (AvgIpc) is 3.04. The van der Waals surface area contributed by atoms with E-state index in [2.05, 4.69) is 27.2 Å². The van der Waals surface area contributed by atoms with Crippen LogP contribution < -0.4 is 0 Å². The molecule has 0 amide bonds. The molecule has 0 spiro atoms. The van der Waals surface area contributed by atoms with Crippen molar-refractivity contribution in [2.45, 2.75) is 13.0 Å². The molecule has 1 aliphatic rings. The van der Waals surface area contributed by atoms with Crippen LogP contribution in [-0.4, -0.2) is 26.8 Å². The second-order valence-electron chi connectivity index (χ2n) is 5.41. The van der Waals surface area contributed by atoms with Crippen molar-refractivity contribution >= 4 is 17.7 Å². The fourth-order valence-electron chi connectivity index (χ4n) is 2.69. The summed E-state index contributed by atoms with van der Waals surface area (Å²) in [5.74, 6) is 0.0790. The van der Waals surface area contributed by atoms with E-state index < -0.39 is 0 Å². The molecular weight excluding hydrogens is 288 g/mol. The van der Waals surface area contributed by atoms with Crippen molar-refractivity contribution in [1.82, 2.24) is 14.8 Å². The van der Waals surface area contributed by atoms with Crippen LogP contribution in [0.25, 0.3) is 11.3 Å². The lowest BCUT2D eigenvalue weighted by atomic mass is 10.0. The van der Waals surface area contributed by atoms with Crippen LogP contribution >= 0.6 is 0 Å². The van der Waals surface area contributed by atoms with E-state index in [0.717, 1.165) is 5.56 Å². The van der Waals surface area contributed by atoms with Crippen molar-refractivity contribution in [3.8, 4) is 11.3 Å². The number of nitrogens with zero attached hydrogens (tertiary/aromatic N) is 4. The highest BCUT2D eigenvalue weighted by molar-refractivity contribution is 6.11. The number of aromatic nitrogens is 3. The third-order valence-electron chi connectivity index (χ3n) is 3.82. The van der Waals surface area contributed by atoms with E-state index in [0.29, 0.717) is 29.9 Å². The molecule has 0 fully saturated rings. The van der Waals surface area contributed by atoms with Gasteiger partial charge in [-0.1, -0.05) is 30.3 Å². The minimum Gasteiger partial charge on any atom is -0.294 e. The summed E-state index contributed by atoms with van der Waals surface area (Å²) in [4.78, 5) is 20.7. The van der Waals surface area contributed by atoms with E-state index in [9.17, 15) is 4.79 Å². The van der Waals surface area contributed by atoms with Gasteiger partial charge in [0.25, 0.3) is 0 Å². The van der Waals surface area contributed by atoms with Gasteiger partial charge in [0.15, 0.2) is 5.78 Å². The zero-order valence-electron chi connectivity index (χ0n) is 12.4. The molecule has 0 bridgehead atoms. The van der Waals surface area contributed by atoms with Crippen LogP contribution in [0, 0.1) is 0 Å². The van der Waals surface area contributed by atoms with E-state index in [-0.39, 0.29) is 5.78 Å². The maximum absolute atomic E-state index is 12.0. The maximum atomic E-state index is 12.0. The number of Topliss-reactive ketones (excluding diaryl/α,β-unsaturated/α-hetero) is 1. The van der Waals surface area contributed by atoms with Crippen LogP contribution in [-0.2, 0) is 6.54 Å². The molecule has 0 unspecified atom stereocenters. The average molecular weight is 302 g/mol. The zero-order valence-corrected chi connectivity index (χ0v) is 12.4. The molecule has 23 heavy (non-hydrogen) atoms. The first-order valence-electron chi connectivity index (χ1n) is 7.43. The number of carbonyl (C=O) groups excluding carboxylic acids is 1. The molecule has 0 aliphatic carbocycles. The Bertz CT molecular complexity index is 896. The predicted octanol–water partition coefficient (Wildman–Crippen LogP) is 3.28. The fourth-order valence-corrected chi connectivity index (χ4v) is 2.69. The summed E-state index contributed by atoms with van der Waals surface area (Å²) in [5.41, 5.74) is 4.02. The van der Waals surface area contributed by atoms with Gasteiger partial charge in [0.05, 0.1) is 24.1 Å². The molecular formula is C18H14N4O. The minimum atomic E-state index is 0.0790. The molecule has 5 heteroatoms. The first-order valence-corrected chi connectivity index (χ1v) is 7.43. The molecule has 3 heterocycles. The normalized spacial score (nSPS) is 13.1. The van der Waals surface area contributed by atoms with Crippen LogP contribution in [0.3, 0.4) is 0 Å². The second kappa shape index (κ2) is 5.61. The Hall–Kier alpha value is -3.08. The lowest BCUT2D eigenvalue weighted by Gasteiger charge is -2.11. The number of carbonyl (C=O) groups is 1.